The van der Waals surface area contributed by atoms with Gasteiger partial charge in [-0.1, -0.05) is 19.1 Å². The van der Waals surface area contributed by atoms with Crippen LogP contribution in [0.15, 0.2) is 33.6 Å². The van der Waals surface area contributed by atoms with Crippen LogP contribution in [0.1, 0.15) is 53.4 Å². The van der Waals surface area contributed by atoms with E-state index in [1.807, 2.05) is 56.4 Å². The Labute approximate surface area is 182 Å². The number of nitrogens with one attached hydrogen (secondary N) is 1. The number of benzene rings is 1. The molecule has 1 aromatic rings. The van der Waals surface area contributed by atoms with Gasteiger partial charge in [-0.2, -0.15) is 0 Å². The van der Waals surface area contributed by atoms with Crippen LogP contribution >= 0.6 is 27.9 Å². The third-order valence-corrected chi connectivity index (χ3v) is 8.84. The predicted octanol–water partition coefficient (Wildman–Crippen LogP) is 4.86. The zero-order chi connectivity index (χ0) is 20.7. The monoisotopic (exact) mass is 468 g/mol. The van der Waals surface area contributed by atoms with E-state index in [1.54, 1.807) is 11.9 Å². The van der Waals surface area contributed by atoms with Crippen molar-refractivity contribution in [3.8, 4) is 0 Å². The SMILES string of the molecule is CC1CC2CC(CC(C)(O)C2)C1NC(=O)C(C)(C)N(C)Sc1ccccc1Br. The Kier molecular flexibility index (Phi) is 6.55. The van der Waals surface area contributed by atoms with Crippen LogP contribution in [-0.2, 0) is 4.79 Å². The molecule has 5 atom stereocenters. The van der Waals surface area contributed by atoms with Crippen molar-refractivity contribution >= 4 is 33.8 Å². The number of carbonyl (C=O) groups excluding carboxylic acids is 1. The standard InChI is InChI=1S/C22H33BrN2O2S/c1-14-10-15-11-16(13-22(4,27)12-15)19(14)24-20(26)21(2,3)25(5)28-18-9-7-6-8-17(18)23/h6-9,14-16,19,27H,10-13H2,1-5H3,(H,24,26). The lowest BCUT2D eigenvalue weighted by Gasteiger charge is -2.50. The summed E-state index contributed by atoms with van der Waals surface area (Å²) in [6.07, 6.45) is 3.87. The molecule has 0 heterocycles. The molecular formula is C22H33BrN2O2S. The first kappa shape index (κ1) is 22.1. The Hall–Kier alpha value is -0.560. The summed E-state index contributed by atoms with van der Waals surface area (Å²) in [5.74, 6) is 1.44. The minimum atomic E-state index is -0.659. The smallest absolute Gasteiger partial charge is 0.241 e. The molecule has 0 saturated heterocycles. The number of amides is 1. The fourth-order valence-corrected chi connectivity index (χ4v) is 6.37. The first-order valence-corrected chi connectivity index (χ1v) is 11.8. The fraction of sp³-hybridized carbons (Fsp3) is 0.682. The van der Waals surface area contributed by atoms with Gasteiger partial charge in [-0.3, -0.25) is 4.79 Å². The van der Waals surface area contributed by atoms with E-state index in [4.69, 9.17) is 0 Å². The summed E-state index contributed by atoms with van der Waals surface area (Å²) in [4.78, 5) is 14.4. The normalized spacial score (nSPS) is 33.0. The third kappa shape index (κ3) is 4.77. The number of hydrogen-bond acceptors (Lipinski definition) is 4. The molecule has 5 unspecified atom stereocenters. The maximum absolute atomic E-state index is 13.3. The Morgan fingerprint density at radius 3 is 2.68 bits per heavy atom. The molecule has 0 spiro atoms. The molecule has 28 heavy (non-hydrogen) atoms. The van der Waals surface area contributed by atoms with E-state index in [2.05, 4.69) is 28.2 Å². The zero-order valence-electron chi connectivity index (χ0n) is 17.5. The van der Waals surface area contributed by atoms with E-state index in [9.17, 15) is 9.90 Å². The zero-order valence-corrected chi connectivity index (χ0v) is 19.9. The van der Waals surface area contributed by atoms with Gasteiger partial charge in [0.2, 0.25) is 5.91 Å². The number of hydrogen-bond donors (Lipinski definition) is 2. The molecular weight excluding hydrogens is 436 g/mol. The number of fused-ring (bicyclic) bond motifs is 2. The summed E-state index contributed by atoms with van der Waals surface area (Å²) < 4.78 is 3.05. The largest absolute Gasteiger partial charge is 0.390 e. The molecule has 3 rings (SSSR count). The number of likely N-dealkylation sites (N-methyl/N-ethyl adjacent to an activating group) is 1. The van der Waals surface area contributed by atoms with E-state index < -0.39 is 11.1 Å². The van der Waals surface area contributed by atoms with Gasteiger partial charge < -0.3 is 10.4 Å². The Morgan fingerprint density at radius 2 is 2.00 bits per heavy atom. The van der Waals surface area contributed by atoms with Crippen molar-refractivity contribution in [2.75, 3.05) is 7.05 Å². The first-order valence-electron chi connectivity index (χ1n) is 10.2. The summed E-state index contributed by atoms with van der Waals surface area (Å²) in [6.45, 7) is 8.14. The molecule has 156 valence electrons. The van der Waals surface area contributed by atoms with Crippen molar-refractivity contribution in [1.29, 1.82) is 0 Å². The molecule has 2 fully saturated rings. The van der Waals surface area contributed by atoms with Gasteiger partial charge in [0.25, 0.3) is 0 Å². The van der Waals surface area contributed by atoms with Crippen molar-refractivity contribution in [3.63, 3.8) is 0 Å². The summed E-state index contributed by atoms with van der Waals surface area (Å²) in [6, 6.07) is 8.19. The van der Waals surface area contributed by atoms with E-state index in [0.717, 1.165) is 35.1 Å². The molecule has 2 aliphatic carbocycles. The highest BCUT2D eigenvalue weighted by Crippen LogP contribution is 2.46. The van der Waals surface area contributed by atoms with Gasteiger partial charge in [-0.05, 0) is 111 Å². The number of halogens is 1. The van der Waals surface area contributed by atoms with Crippen LogP contribution in [0.4, 0.5) is 0 Å². The lowest BCUT2D eigenvalue weighted by Crippen LogP contribution is -2.59. The molecule has 0 radical (unpaired) electrons. The second kappa shape index (κ2) is 8.29. The first-order chi connectivity index (χ1) is 13.0. The van der Waals surface area contributed by atoms with Crippen molar-refractivity contribution in [1.82, 2.24) is 9.62 Å². The van der Waals surface area contributed by atoms with E-state index in [0.29, 0.717) is 17.8 Å². The van der Waals surface area contributed by atoms with E-state index in [1.165, 1.54) is 0 Å². The van der Waals surface area contributed by atoms with Gasteiger partial charge in [0.05, 0.1) is 5.60 Å². The Morgan fingerprint density at radius 1 is 1.32 bits per heavy atom. The third-order valence-electron chi connectivity index (χ3n) is 6.61. The highest BCUT2D eigenvalue weighted by atomic mass is 79.9. The minimum absolute atomic E-state index is 0.0510. The molecule has 4 nitrogen and oxygen atoms in total. The predicted molar refractivity (Wildman–Crippen MR) is 119 cm³/mol. The van der Waals surface area contributed by atoms with Crippen LogP contribution in [0, 0.1) is 17.8 Å². The molecule has 0 aromatic heterocycles. The van der Waals surface area contributed by atoms with Crippen LogP contribution in [0.25, 0.3) is 0 Å². The van der Waals surface area contributed by atoms with Gasteiger partial charge in [-0.25, -0.2) is 4.31 Å². The lowest BCUT2D eigenvalue weighted by atomic mass is 9.61. The molecule has 0 aliphatic heterocycles. The molecule has 2 bridgehead atoms. The molecule has 1 aromatic carbocycles. The average molecular weight is 469 g/mol. The maximum atomic E-state index is 13.3. The van der Waals surface area contributed by atoms with Gasteiger partial charge in [0.1, 0.15) is 5.54 Å². The lowest BCUT2D eigenvalue weighted by molar-refractivity contribution is -0.132. The van der Waals surface area contributed by atoms with Crippen molar-refractivity contribution < 1.29 is 9.90 Å². The van der Waals surface area contributed by atoms with Gasteiger partial charge in [0.15, 0.2) is 0 Å². The highest BCUT2D eigenvalue weighted by molar-refractivity contribution is 9.10. The van der Waals surface area contributed by atoms with Gasteiger partial charge in [0, 0.05) is 15.4 Å². The summed E-state index contributed by atoms with van der Waals surface area (Å²) in [5, 5.41) is 14.0. The Balaban J connectivity index is 1.69. The second-order valence-electron chi connectivity index (χ2n) is 9.56. The van der Waals surface area contributed by atoms with Crippen molar-refractivity contribution in [3.05, 3.63) is 28.7 Å². The van der Waals surface area contributed by atoms with Crippen LogP contribution in [-0.4, -0.2) is 39.5 Å². The van der Waals surface area contributed by atoms with Crippen molar-refractivity contribution in [2.45, 2.75) is 75.5 Å². The highest BCUT2D eigenvalue weighted by Gasteiger charge is 2.46. The molecule has 2 N–H and O–H groups in total. The molecule has 2 aliphatic rings. The number of carbonyl (C=O) groups is 1. The maximum Gasteiger partial charge on any atom is 0.241 e. The summed E-state index contributed by atoms with van der Waals surface area (Å²) >= 11 is 5.16. The number of rotatable bonds is 5. The van der Waals surface area contributed by atoms with Crippen LogP contribution in [0.2, 0.25) is 0 Å². The number of nitrogens with zero attached hydrogens (tertiary/aromatic N) is 1. The fourth-order valence-electron chi connectivity index (χ4n) is 4.97. The van der Waals surface area contributed by atoms with Gasteiger partial charge >= 0.3 is 0 Å². The Bertz CT molecular complexity index is 722. The van der Waals surface area contributed by atoms with Crippen LogP contribution < -0.4 is 5.32 Å². The van der Waals surface area contributed by atoms with E-state index in [-0.39, 0.29) is 11.9 Å². The van der Waals surface area contributed by atoms with Crippen LogP contribution in [0.3, 0.4) is 0 Å². The topological polar surface area (TPSA) is 52.6 Å². The van der Waals surface area contributed by atoms with Gasteiger partial charge in [-0.15, -0.1) is 0 Å². The summed E-state index contributed by atoms with van der Waals surface area (Å²) in [7, 11) is 1.97. The molecule has 2 saturated carbocycles. The van der Waals surface area contributed by atoms with E-state index >= 15 is 0 Å². The average Bonchev–Trinajstić information content (AvgIpc) is 2.58. The van der Waals surface area contributed by atoms with Crippen LogP contribution in [0.5, 0.6) is 0 Å². The quantitative estimate of drug-likeness (QED) is 0.605. The molecule has 6 heteroatoms. The summed E-state index contributed by atoms with van der Waals surface area (Å²) in [5.41, 5.74) is -1.26. The minimum Gasteiger partial charge on any atom is -0.390 e. The molecule has 1 amide bonds. The second-order valence-corrected chi connectivity index (χ2v) is 11.6. The van der Waals surface area contributed by atoms with Crippen molar-refractivity contribution in [2.24, 2.45) is 17.8 Å². The number of aliphatic hydroxyl groups is 1.